The molecule has 0 aliphatic heterocycles. The third-order valence-corrected chi connectivity index (χ3v) is 4.76. The average Bonchev–Trinajstić information content (AvgIpc) is 2.41. The first-order chi connectivity index (χ1) is 9.88. The SMILES string of the molecule is Cc1cc(C)c([N+](=O)[O-])cc1NC1CCCC(C(C)C)C1. The van der Waals surface area contributed by atoms with Crippen LogP contribution in [0.3, 0.4) is 0 Å². The molecule has 0 aromatic heterocycles. The van der Waals surface area contributed by atoms with Crippen molar-refractivity contribution in [3.05, 3.63) is 33.4 Å². The molecule has 1 fully saturated rings. The lowest BCUT2D eigenvalue weighted by atomic mass is 9.79. The van der Waals surface area contributed by atoms with Crippen LogP contribution in [0.2, 0.25) is 0 Å². The summed E-state index contributed by atoms with van der Waals surface area (Å²) in [7, 11) is 0. The molecule has 0 heterocycles. The highest BCUT2D eigenvalue weighted by molar-refractivity contribution is 5.60. The Hall–Kier alpha value is -1.58. The van der Waals surface area contributed by atoms with Crippen LogP contribution in [-0.4, -0.2) is 11.0 Å². The van der Waals surface area contributed by atoms with Gasteiger partial charge in [0.15, 0.2) is 0 Å². The largest absolute Gasteiger partial charge is 0.382 e. The monoisotopic (exact) mass is 290 g/mol. The van der Waals surface area contributed by atoms with E-state index in [0.717, 1.165) is 29.2 Å². The van der Waals surface area contributed by atoms with Crippen LogP contribution in [0.25, 0.3) is 0 Å². The van der Waals surface area contributed by atoms with E-state index in [1.54, 1.807) is 13.0 Å². The van der Waals surface area contributed by atoms with Crippen molar-refractivity contribution in [3.8, 4) is 0 Å². The number of rotatable bonds is 4. The lowest BCUT2D eigenvalue weighted by Gasteiger charge is -2.33. The van der Waals surface area contributed by atoms with Gasteiger partial charge in [-0.1, -0.05) is 26.7 Å². The van der Waals surface area contributed by atoms with E-state index in [-0.39, 0.29) is 10.6 Å². The Morgan fingerprint density at radius 1 is 1.24 bits per heavy atom. The van der Waals surface area contributed by atoms with Crippen LogP contribution in [0.15, 0.2) is 12.1 Å². The molecule has 0 saturated heterocycles. The second-order valence-corrected chi connectivity index (χ2v) is 6.72. The third kappa shape index (κ3) is 3.74. The van der Waals surface area contributed by atoms with E-state index in [1.807, 2.05) is 13.0 Å². The Morgan fingerprint density at radius 3 is 2.57 bits per heavy atom. The molecule has 1 saturated carbocycles. The minimum absolute atomic E-state index is 0.208. The molecule has 2 unspecified atom stereocenters. The number of nitro groups is 1. The molecule has 1 aliphatic carbocycles. The molecule has 0 spiro atoms. The van der Waals surface area contributed by atoms with Crippen molar-refractivity contribution in [2.45, 2.75) is 59.4 Å². The Bertz CT molecular complexity index is 526. The summed E-state index contributed by atoms with van der Waals surface area (Å²) in [6, 6.07) is 4.04. The maximum atomic E-state index is 11.1. The number of benzene rings is 1. The molecule has 1 aromatic rings. The molecule has 2 atom stereocenters. The molecule has 4 heteroatoms. The summed E-state index contributed by atoms with van der Waals surface area (Å²) in [5.41, 5.74) is 2.94. The van der Waals surface area contributed by atoms with Gasteiger partial charge >= 0.3 is 0 Å². The van der Waals surface area contributed by atoms with Gasteiger partial charge in [-0.2, -0.15) is 0 Å². The van der Waals surface area contributed by atoms with E-state index in [4.69, 9.17) is 0 Å². The molecule has 4 nitrogen and oxygen atoms in total. The fourth-order valence-corrected chi connectivity index (χ4v) is 3.38. The quantitative estimate of drug-likeness (QED) is 0.637. The van der Waals surface area contributed by atoms with Crippen molar-refractivity contribution in [1.82, 2.24) is 0 Å². The van der Waals surface area contributed by atoms with Crippen molar-refractivity contribution in [2.75, 3.05) is 5.32 Å². The smallest absolute Gasteiger partial charge is 0.274 e. The molecule has 1 aromatic carbocycles. The molecule has 1 aliphatic rings. The van der Waals surface area contributed by atoms with Gasteiger partial charge in [0.1, 0.15) is 0 Å². The van der Waals surface area contributed by atoms with E-state index in [9.17, 15) is 10.1 Å². The molecular weight excluding hydrogens is 264 g/mol. The number of hydrogen-bond acceptors (Lipinski definition) is 3. The van der Waals surface area contributed by atoms with Crippen molar-refractivity contribution < 1.29 is 4.92 Å². The summed E-state index contributed by atoms with van der Waals surface area (Å²) in [5, 5.41) is 14.6. The highest BCUT2D eigenvalue weighted by Gasteiger charge is 2.25. The summed E-state index contributed by atoms with van der Waals surface area (Å²) in [5.74, 6) is 1.47. The maximum absolute atomic E-state index is 11.1. The first kappa shape index (κ1) is 15.8. The van der Waals surface area contributed by atoms with E-state index in [2.05, 4.69) is 19.2 Å². The van der Waals surface area contributed by atoms with E-state index >= 15 is 0 Å². The molecule has 0 bridgehead atoms. The van der Waals surface area contributed by atoms with Gasteiger partial charge in [-0.05, 0) is 50.2 Å². The molecule has 1 N–H and O–H groups in total. The van der Waals surface area contributed by atoms with Crippen molar-refractivity contribution in [3.63, 3.8) is 0 Å². The zero-order chi connectivity index (χ0) is 15.6. The van der Waals surface area contributed by atoms with Crippen LogP contribution in [0, 0.1) is 35.8 Å². The van der Waals surface area contributed by atoms with Crippen molar-refractivity contribution in [1.29, 1.82) is 0 Å². The highest BCUT2D eigenvalue weighted by atomic mass is 16.6. The van der Waals surface area contributed by atoms with Gasteiger partial charge in [0.2, 0.25) is 0 Å². The number of nitrogens with zero attached hydrogens (tertiary/aromatic N) is 1. The van der Waals surface area contributed by atoms with Crippen LogP contribution < -0.4 is 5.32 Å². The molecule has 0 amide bonds. The summed E-state index contributed by atoms with van der Waals surface area (Å²) in [4.78, 5) is 10.8. The summed E-state index contributed by atoms with van der Waals surface area (Å²) < 4.78 is 0. The fraction of sp³-hybridized carbons (Fsp3) is 0.647. The first-order valence-corrected chi connectivity index (χ1v) is 7.90. The predicted molar refractivity (Wildman–Crippen MR) is 86.8 cm³/mol. The zero-order valence-electron chi connectivity index (χ0n) is 13.5. The normalized spacial score (nSPS) is 22.3. The fourth-order valence-electron chi connectivity index (χ4n) is 3.38. The zero-order valence-corrected chi connectivity index (χ0v) is 13.5. The summed E-state index contributed by atoms with van der Waals surface area (Å²) >= 11 is 0. The van der Waals surface area contributed by atoms with Gasteiger partial charge in [-0.25, -0.2) is 0 Å². The van der Waals surface area contributed by atoms with Gasteiger partial charge < -0.3 is 5.32 Å². The van der Waals surface area contributed by atoms with E-state index in [0.29, 0.717) is 12.0 Å². The molecule has 0 radical (unpaired) electrons. The van der Waals surface area contributed by atoms with Crippen molar-refractivity contribution >= 4 is 11.4 Å². The number of hydrogen-bond donors (Lipinski definition) is 1. The Balaban J connectivity index is 2.15. The topological polar surface area (TPSA) is 55.2 Å². The standard InChI is InChI=1S/C17H26N2O2/c1-11(2)14-6-5-7-15(9-14)18-16-10-17(19(20)21)13(4)8-12(16)3/h8,10-11,14-15,18H,5-7,9H2,1-4H3. The highest BCUT2D eigenvalue weighted by Crippen LogP contribution is 2.33. The molecule has 2 rings (SSSR count). The van der Waals surface area contributed by atoms with Crippen LogP contribution in [0.4, 0.5) is 11.4 Å². The van der Waals surface area contributed by atoms with Crippen LogP contribution in [-0.2, 0) is 0 Å². The first-order valence-electron chi connectivity index (χ1n) is 7.90. The van der Waals surface area contributed by atoms with Crippen LogP contribution >= 0.6 is 0 Å². The lowest BCUT2D eigenvalue weighted by Crippen LogP contribution is -2.29. The second kappa shape index (κ2) is 6.46. The van der Waals surface area contributed by atoms with Gasteiger partial charge in [-0.3, -0.25) is 10.1 Å². The number of nitrogens with one attached hydrogen (secondary N) is 1. The van der Waals surface area contributed by atoms with Gasteiger partial charge in [0, 0.05) is 23.4 Å². The predicted octanol–water partition coefficient (Wildman–Crippen LogP) is 4.84. The molecule has 116 valence electrons. The average molecular weight is 290 g/mol. The maximum Gasteiger partial charge on any atom is 0.274 e. The minimum Gasteiger partial charge on any atom is -0.382 e. The van der Waals surface area contributed by atoms with Crippen molar-refractivity contribution in [2.24, 2.45) is 11.8 Å². The second-order valence-electron chi connectivity index (χ2n) is 6.72. The summed E-state index contributed by atoms with van der Waals surface area (Å²) in [6.07, 6.45) is 4.87. The third-order valence-electron chi connectivity index (χ3n) is 4.76. The number of anilines is 1. The Morgan fingerprint density at radius 2 is 1.95 bits per heavy atom. The van der Waals surface area contributed by atoms with Gasteiger partial charge in [-0.15, -0.1) is 0 Å². The van der Waals surface area contributed by atoms with Crippen LogP contribution in [0.1, 0.15) is 50.7 Å². The van der Waals surface area contributed by atoms with Gasteiger partial charge in [0.25, 0.3) is 5.69 Å². The Kier molecular flexibility index (Phi) is 4.86. The molecule has 21 heavy (non-hydrogen) atoms. The minimum atomic E-state index is -0.294. The molecular formula is C17H26N2O2. The van der Waals surface area contributed by atoms with E-state index in [1.165, 1.54) is 19.3 Å². The number of aryl methyl sites for hydroxylation is 2. The summed E-state index contributed by atoms with van der Waals surface area (Å²) in [6.45, 7) is 8.39. The van der Waals surface area contributed by atoms with E-state index < -0.39 is 0 Å². The van der Waals surface area contributed by atoms with Gasteiger partial charge in [0.05, 0.1) is 4.92 Å². The Labute approximate surface area is 127 Å². The lowest BCUT2D eigenvalue weighted by molar-refractivity contribution is -0.385. The van der Waals surface area contributed by atoms with Crippen LogP contribution in [0.5, 0.6) is 0 Å². The number of nitro benzene ring substituents is 1.